The van der Waals surface area contributed by atoms with Gasteiger partial charge >= 0.3 is 0 Å². The molecule has 0 saturated heterocycles. The van der Waals surface area contributed by atoms with Crippen molar-refractivity contribution in [2.24, 2.45) is 0 Å². The average molecular weight is 246 g/mol. The second kappa shape index (κ2) is 3.82. The Balaban J connectivity index is 2.40. The predicted molar refractivity (Wildman–Crippen MR) is 64.8 cm³/mol. The summed E-state index contributed by atoms with van der Waals surface area (Å²) in [4.78, 5) is 4.39. The normalized spacial score (nSPS) is 10.9. The summed E-state index contributed by atoms with van der Waals surface area (Å²) in [5.41, 5.74) is 2.55. The minimum atomic E-state index is 0.386. The first-order chi connectivity index (χ1) is 8.25. The van der Waals surface area contributed by atoms with Crippen molar-refractivity contribution in [2.75, 3.05) is 0 Å². The molecule has 0 N–H and O–H groups in total. The van der Waals surface area contributed by atoms with E-state index < -0.39 is 0 Å². The number of hydrogen-bond donors (Lipinski definition) is 0. The van der Waals surface area contributed by atoms with Crippen molar-refractivity contribution in [2.45, 2.75) is 6.92 Å². The Labute approximate surface area is 102 Å². The molecule has 0 radical (unpaired) electrons. The first kappa shape index (κ1) is 10.2. The quantitative estimate of drug-likeness (QED) is 0.660. The Bertz CT molecular complexity index is 680. The van der Waals surface area contributed by atoms with Crippen molar-refractivity contribution < 1.29 is 4.42 Å². The van der Waals surface area contributed by atoms with Gasteiger partial charge in [0, 0.05) is 11.6 Å². The molecule has 0 amide bonds. The summed E-state index contributed by atoms with van der Waals surface area (Å²) in [7, 11) is 0. The fraction of sp³-hybridized carbons (Fsp3) is 0.0833. The fourth-order valence-electron chi connectivity index (χ4n) is 1.77. The number of benzene rings is 1. The van der Waals surface area contributed by atoms with Crippen LogP contribution in [0.5, 0.6) is 0 Å². The highest BCUT2D eigenvalue weighted by Gasteiger charge is 2.14. The van der Waals surface area contributed by atoms with Crippen molar-refractivity contribution in [3.8, 4) is 11.5 Å². The van der Waals surface area contributed by atoms with Crippen molar-refractivity contribution >= 4 is 22.5 Å². The van der Waals surface area contributed by atoms with Crippen LogP contribution >= 0.6 is 11.6 Å². The highest BCUT2D eigenvalue weighted by atomic mass is 35.5. The summed E-state index contributed by atoms with van der Waals surface area (Å²) < 4.78 is 5.19. The number of hydrogen-bond acceptors (Lipinski definition) is 4. The zero-order valence-corrected chi connectivity index (χ0v) is 9.77. The summed E-state index contributed by atoms with van der Waals surface area (Å²) in [6.07, 6.45) is 3.07. The van der Waals surface area contributed by atoms with E-state index in [-0.39, 0.29) is 0 Å². The minimum absolute atomic E-state index is 0.386. The second-order valence-corrected chi connectivity index (χ2v) is 4.16. The molecule has 0 atom stereocenters. The molecule has 0 spiro atoms. The van der Waals surface area contributed by atoms with Gasteiger partial charge in [0.05, 0.1) is 16.1 Å². The van der Waals surface area contributed by atoms with Crippen LogP contribution in [-0.2, 0) is 0 Å². The van der Waals surface area contributed by atoms with Crippen LogP contribution in [0, 0.1) is 6.92 Å². The molecule has 3 rings (SSSR count). The maximum Gasteiger partial charge on any atom is 0.251 e. The molecular weight excluding hydrogens is 238 g/mol. The van der Waals surface area contributed by atoms with E-state index in [2.05, 4.69) is 15.2 Å². The lowest BCUT2D eigenvalue weighted by Crippen LogP contribution is -1.88. The van der Waals surface area contributed by atoms with Crippen LogP contribution in [0.1, 0.15) is 5.56 Å². The molecule has 0 saturated carbocycles. The SMILES string of the molecule is Cc1cnc2c(-c3nnco3)c(Cl)ccc2c1. The van der Waals surface area contributed by atoms with Gasteiger partial charge in [0.2, 0.25) is 6.39 Å². The third-order valence-electron chi connectivity index (χ3n) is 2.51. The molecule has 0 aliphatic carbocycles. The Hall–Kier alpha value is -1.94. The molecule has 17 heavy (non-hydrogen) atoms. The van der Waals surface area contributed by atoms with E-state index in [9.17, 15) is 0 Å². The summed E-state index contributed by atoms with van der Waals surface area (Å²) in [5, 5.41) is 9.10. The van der Waals surface area contributed by atoms with Gasteiger partial charge in [-0.1, -0.05) is 17.7 Å². The van der Waals surface area contributed by atoms with E-state index >= 15 is 0 Å². The molecule has 0 bridgehead atoms. The Kier molecular flexibility index (Phi) is 2.30. The van der Waals surface area contributed by atoms with E-state index in [1.165, 1.54) is 6.39 Å². The van der Waals surface area contributed by atoms with E-state index in [0.29, 0.717) is 16.5 Å². The Morgan fingerprint density at radius 3 is 2.94 bits per heavy atom. The smallest absolute Gasteiger partial charge is 0.251 e. The van der Waals surface area contributed by atoms with Crippen LogP contribution in [-0.4, -0.2) is 15.2 Å². The molecule has 1 aromatic carbocycles. The molecule has 5 heteroatoms. The lowest BCUT2D eigenvalue weighted by atomic mass is 10.1. The van der Waals surface area contributed by atoms with Gasteiger partial charge in [-0.25, -0.2) is 0 Å². The van der Waals surface area contributed by atoms with E-state index in [1.807, 2.05) is 25.1 Å². The van der Waals surface area contributed by atoms with Crippen LogP contribution in [0.15, 0.2) is 35.2 Å². The van der Waals surface area contributed by atoms with Crippen molar-refractivity contribution in [3.05, 3.63) is 41.4 Å². The largest absolute Gasteiger partial charge is 0.423 e. The predicted octanol–water partition coefficient (Wildman–Crippen LogP) is 3.25. The van der Waals surface area contributed by atoms with Gasteiger partial charge in [-0.2, -0.15) is 0 Å². The molecule has 0 aliphatic rings. The highest BCUT2D eigenvalue weighted by Crippen LogP contribution is 2.32. The standard InChI is InChI=1S/C12H8ClN3O/c1-7-4-8-2-3-9(13)10(11(8)14-5-7)12-16-15-6-17-12/h2-6H,1H3. The Morgan fingerprint density at radius 1 is 1.29 bits per heavy atom. The summed E-state index contributed by atoms with van der Waals surface area (Å²) >= 11 is 6.17. The molecule has 2 aromatic heterocycles. The van der Waals surface area contributed by atoms with E-state index in [1.54, 1.807) is 6.20 Å². The van der Waals surface area contributed by atoms with Crippen LogP contribution in [0.3, 0.4) is 0 Å². The van der Waals surface area contributed by atoms with Gasteiger partial charge in [0.1, 0.15) is 0 Å². The minimum Gasteiger partial charge on any atom is -0.423 e. The number of rotatable bonds is 1. The monoisotopic (exact) mass is 245 g/mol. The first-order valence-corrected chi connectivity index (χ1v) is 5.45. The number of aryl methyl sites for hydroxylation is 1. The van der Waals surface area contributed by atoms with Crippen LogP contribution in [0.4, 0.5) is 0 Å². The molecule has 0 fully saturated rings. The fourth-order valence-corrected chi connectivity index (χ4v) is 2.01. The molecule has 0 unspecified atom stereocenters. The van der Waals surface area contributed by atoms with Gasteiger partial charge in [-0.3, -0.25) is 4.98 Å². The lowest BCUT2D eigenvalue weighted by molar-refractivity contribution is 0.569. The van der Waals surface area contributed by atoms with Gasteiger partial charge in [0.15, 0.2) is 0 Å². The third kappa shape index (κ3) is 1.66. The Morgan fingerprint density at radius 2 is 2.18 bits per heavy atom. The number of nitrogens with zero attached hydrogens (tertiary/aromatic N) is 3. The summed E-state index contributed by atoms with van der Waals surface area (Å²) in [6.45, 7) is 1.99. The van der Waals surface area contributed by atoms with Crippen molar-refractivity contribution in [1.29, 1.82) is 0 Å². The zero-order valence-electron chi connectivity index (χ0n) is 9.01. The molecule has 4 nitrogen and oxygen atoms in total. The second-order valence-electron chi connectivity index (χ2n) is 3.75. The van der Waals surface area contributed by atoms with Crippen LogP contribution in [0.25, 0.3) is 22.4 Å². The molecule has 2 heterocycles. The third-order valence-corrected chi connectivity index (χ3v) is 2.83. The van der Waals surface area contributed by atoms with Gasteiger partial charge in [0.25, 0.3) is 5.89 Å². The van der Waals surface area contributed by atoms with Crippen molar-refractivity contribution in [1.82, 2.24) is 15.2 Å². The zero-order chi connectivity index (χ0) is 11.8. The molecule has 3 aromatic rings. The highest BCUT2D eigenvalue weighted by molar-refractivity contribution is 6.34. The van der Waals surface area contributed by atoms with Crippen LogP contribution < -0.4 is 0 Å². The number of aromatic nitrogens is 3. The number of fused-ring (bicyclic) bond motifs is 1. The van der Waals surface area contributed by atoms with Gasteiger partial charge in [-0.05, 0) is 24.6 Å². The number of halogens is 1. The van der Waals surface area contributed by atoms with Crippen molar-refractivity contribution in [3.63, 3.8) is 0 Å². The maximum absolute atomic E-state index is 6.17. The summed E-state index contributed by atoms with van der Waals surface area (Å²) in [5.74, 6) is 0.386. The molecule has 84 valence electrons. The average Bonchev–Trinajstić information content (AvgIpc) is 2.82. The van der Waals surface area contributed by atoms with E-state index in [4.69, 9.17) is 16.0 Å². The maximum atomic E-state index is 6.17. The molecule has 0 aliphatic heterocycles. The molecular formula is C12H8ClN3O. The van der Waals surface area contributed by atoms with E-state index in [0.717, 1.165) is 16.5 Å². The van der Waals surface area contributed by atoms with Gasteiger partial charge < -0.3 is 4.42 Å². The summed E-state index contributed by atoms with van der Waals surface area (Å²) in [6, 6.07) is 5.78. The van der Waals surface area contributed by atoms with Gasteiger partial charge in [-0.15, -0.1) is 10.2 Å². The number of pyridine rings is 1. The first-order valence-electron chi connectivity index (χ1n) is 5.07. The lowest BCUT2D eigenvalue weighted by Gasteiger charge is -2.05. The van der Waals surface area contributed by atoms with Crippen LogP contribution in [0.2, 0.25) is 5.02 Å². The topological polar surface area (TPSA) is 51.8 Å².